The van der Waals surface area contributed by atoms with Crippen LogP contribution in [-0.4, -0.2) is 48.7 Å². The molecule has 0 aromatic heterocycles. The van der Waals surface area contributed by atoms with Gasteiger partial charge in [0.2, 0.25) is 15.9 Å². The van der Waals surface area contributed by atoms with Crippen LogP contribution in [0.5, 0.6) is 17.2 Å². The fraction of sp³-hybridized carbons (Fsp3) is 0.350. The molecule has 1 saturated heterocycles. The van der Waals surface area contributed by atoms with E-state index in [1.807, 2.05) is 12.1 Å². The molecule has 0 aliphatic carbocycles. The molecule has 1 fully saturated rings. The van der Waals surface area contributed by atoms with Crippen LogP contribution in [-0.2, 0) is 14.8 Å². The fourth-order valence-electron chi connectivity index (χ4n) is 3.22. The maximum Gasteiger partial charge on any atom is 0.240 e. The molecule has 1 heterocycles. The van der Waals surface area contributed by atoms with E-state index >= 15 is 0 Å². The minimum atomic E-state index is -3.75. The van der Waals surface area contributed by atoms with Gasteiger partial charge in [0.1, 0.15) is 5.75 Å². The fourth-order valence-corrected chi connectivity index (χ4v) is 4.36. The molecule has 0 saturated carbocycles. The molecule has 3 rings (SSSR count). The summed E-state index contributed by atoms with van der Waals surface area (Å²) in [7, 11) is 0.760. The lowest BCUT2D eigenvalue weighted by Crippen LogP contribution is -2.31. The van der Waals surface area contributed by atoms with Gasteiger partial charge in [-0.2, -0.15) is 0 Å². The number of anilines is 1. The monoisotopic (exact) mass is 420 g/mol. The van der Waals surface area contributed by atoms with E-state index in [0.717, 1.165) is 5.69 Å². The van der Waals surface area contributed by atoms with E-state index in [2.05, 4.69) is 4.72 Å². The Morgan fingerprint density at radius 3 is 2.31 bits per heavy atom. The van der Waals surface area contributed by atoms with Gasteiger partial charge in [0.15, 0.2) is 11.5 Å². The summed E-state index contributed by atoms with van der Waals surface area (Å²) in [6, 6.07) is 11.6. The first kappa shape index (κ1) is 20.9. The van der Waals surface area contributed by atoms with Gasteiger partial charge in [0, 0.05) is 31.3 Å². The topological polar surface area (TPSA) is 94.2 Å². The Morgan fingerprint density at radius 1 is 1.00 bits per heavy atom. The molecular weight excluding hydrogens is 396 g/mol. The van der Waals surface area contributed by atoms with Gasteiger partial charge in [-0.1, -0.05) is 0 Å². The molecule has 2 aromatic carbocycles. The number of nitrogens with one attached hydrogen (secondary N) is 1. The highest BCUT2D eigenvalue weighted by Gasteiger charge is 2.31. The van der Waals surface area contributed by atoms with Crippen LogP contribution in [0.3, 0.4) is 0 Å². The Balaban J connectivity index is 1.65. The van der Waals surface area contributed by atoms with Crippen molar-refractivity contribution < 1.29 is 27.4 Å². The van der Waals surface area contributed by atoms with Crippen LogP contribution in [0, 0.1) is 5.92 Å². The zero-order chi connectivity index (χ0) is 21.0. The summed E-state index contributed by atoms with van der Waals surface area (Å²) in [5.41, 5.74) is 0.765. The third kappa shape index (κ3) is 4.63. The van der Waals surface area contributed by atoms with E-state index in [1.54, 1.807) is 24.1 Å². The highest BCUT2D eigenvalue weighted by Crippen LogP contribution is 2.30. The lowest BCUT2D eigenvalue weighted by molar-refractivity contribution is -0.117. The summed E-state index contributed by atoms with van der Waals surface area (Å²) in [5.74, 6) is 1.32. The van der Waals surface area contributed by atoms with Crippen molar-refractivity contribution in [1.82, 2.24) is 4.72 Å². The molecular formula is C20H24N2O6S. The van der Waals surface area contributed by atoms with E-state index in [1.165, 1.54) is 32.4 Å². The zero-order valence-electron chi connectivity index (χ0n) is 16.5. The first-order chi connectivity index (χ1) is 13.9. The molecule has 1 atom stereocenters. The molecule has 1 aliphatic rings. The highest BCUT2D eigenvalue weighted by molar-refractivity contribution is 7.89. The normalized spacial score (nSPS) is 16.7. The van der Waals surface area contributed by atoms with Crippen LogP contribution in [0.25, 0.3) is 0 Å². The first-order valence-corrected chi connectivity index (χ1v) is 10.5. The molecule has 0 spiro atoms. The number of ether oxygens (including phenoxy) is 3. The van der Waals surface area contributed by atoms with Gasteiger partial charge in [0.25, 0.3) is 0 Å². The van der Waals surface area contributed by atoms with Crippen LogP contribution in [0.2, 0.25) is 0 Å². The lowest BCUT2D eigenvalue weighted by Gasteiger charge is -2.17. The number of hydrogen-bond acceptors (Lipinski definition) is 6. The number of hydrogen-bond donors (Lipinski definition) is 1. The third-order valence-electron chi connectivity index (χ3n) is 4.82. The van der Waals surface area contributed by atoms with Gasteiger partial charge in [-0.15, -0.1) is 0 Å². The van der Waals surface area contributed by atoms with Crippen molar-refractivity contribution in [3.05, 3.63) is 42.5 Å². The average molecular weight is 420 g/mol. The van der Waals surface area contributed by atoms with Crippen molar-refractivity contribution in [2.24, 2.45) is 5.92 Å². The highest BCUT2D eigenvalue weighted by atomic mass is 32.2. The number of rotatable bonds is 8. The molecule has 1 amide bonds. The number of methoxy groups -OCH3 is 3. The Hall–Kier alpha value is -2.78. The first-order valence-electron chi connectivity index (χ1n) is 9.04. The second-order valence-corrected chi connectivity index (χ2v) is 8.41. The number of carbonyl (C=O) groups is 1. The maximum absolute atomic E-state index is 12.6. The number of benzene rings is 2. The predicted molar refractivity (Wildman–Crippen MR) is 108 cm³/mol. The van der Waals surface area contributed by atoms with E-state index in [4.69, 9.17) is 14.2 Å². The minimum Gasteiger partial charge on any atom is -0.497 e. The largest absolute Gasteiger partial charge is 0.497 e. The summed E-state index contributed by atoms with van der Waals surface area (Å²) < 4.78 is 43.3. The van der Waals surface area contributed by atoms with Gasteiger partial charge < -0.3 is 19.1 Å². The number of nitrogens with zero attached hydrogens (tertiary/aromatic N) is 1. The lowest BCUT2D eigenvalue weighted by atomic mass is 10.1. The van der Waals surface area contributed by atoms with Crippen molar-refractivity contribution in [3.63, 3.8) is 0 Å². The van der Waals surface area contributed by atoms with Gasteiger partial charge >= 0.3 is 0 Å². The summed E-state index contributed by atoms with van der Waals surface area (Å²) in [6.07, 6.45) is 0.278. The molecule has 8 nitrogen and oxygen atoms in total. The molecule has 0 radical (unpaired) electrons. The summed E-state index contributed by atoms with van der Waals surface area (Å²) in [4.78, 5) is 14.1. The minimum absolute atomic E-state index is 0.0366. The Bertz CT molecular complexity index is 975. The van der Waals surface area contributed by atoms with Crippen LogP contribution in [0.1, 0.15) is 6.42 Å². The van der Waals surface area contributed by atoms with Gasteiger partial charge in [-0.05, 0) is 42.3 Å². The second kappa shape index (κ2) is 8.71. The molecule has 1 unspecified atom stereocenters. The van der Waals surface area contributed by atoms with E-state index in [-0.39, 0.29) is 29.7 Å². The standard InChI is InChI=1S/C20H24N2O6S/c1-26-16-6-4-15(5-7-16)22-13-14(10-20(22)23)12-21-29(24,25)17-8-9-18(27-2)19(11-17)28-3/h4-9,11,14,21H,10,12-13H2,1-3H3. The van der Waals surface area contributed by atoms with Crippen LogP contribution in [0.15, 0.2) is 47.4 Å². The quantitative estimate of drug-likeness (QED) is 0.702. The smallest absolute Gasteiger partial charge is 0.240 e. The molecule has 0 bridgehead atoms. The van der Waals surface area contributed by atoms with Crippen molar-refractivity contribution in [2.75, 3.05) is 39.3 Å². The zero-order valence-corrected chi connectivity index (χ0v) is 17.4. The van der Waals surface area contributed by atoms with Gasteiger partial charge in [-0.25, -0.2) is 13.1 Å². The van der Waals surface area contributed by atoms with Gasteiger partial charge in [-0.3, -0.25) is 4.79 Å². The Kier molecular flexibility index (Phi) is 6.29. The van der Waals surface area contributed by atoms with Crippen molar-refractivity contribution in [1.29, 1.82) is 0 Å². The maximum atomic E-state index is 12.6. The van der Waals surface area contributed by atoms with Crippen LogP contribution < -0.4 is 23.8 Å². The van der Waals surface area contributed by atoms with Crippen LogP contribution >= 0.6 is 0 Å². The number of sulfonamides is 1. The summed E-state index contributed by atoms with van der Waals surface area (Å²) >= 11 is 0. The van der Waals surface area contributed by atoms with Crippen molar-refractivity contribution >= 4 is 21.6 Å². The summed E-state index contributed by atoms with van der Waals surface area (Å²) in [5, 5.41) is 0. The average Bonchev–Trinajstić information content (AvgIpc) is 3.12. The third-order valence-corrected chi connectivity index (χ3v) is 6.24. The Morgan fingerprint density at radius 2 is 1.69 bits per heavy atom. The Labute approximate surface area is 170 Å². The molecule has 1 N–H and O–H groups in total. The number of carbonyl (C=O) groups excluding carboxylic acids is 1. The second-order valence-electron chi connectivity index (χ2n) is 6.64. The molecule has 156 valence electrons. The molecule has 29 heavy (non-hydrogen) atoms. The summed E-state index contributed by atoms with van der Waals surface area (Å²) in [6.45, 7) is 0.606. The molecule has 1 aliphatic heterocycles. The predicted octanol–water partition coefficient (Wildman–Crippen LogP) is 2.04. The molecule has 9 heteroatoms. The van der Waals surface area contributed by atoms with E-state index in [9.17, 15) is 13.2 Å². The number of amides is 1. The van der Waals surface area contributed by atoms with Crippen molar-refractivity contribution in [2.45, 2.75) is 11.3 Å². The molecule has 2 aromatic rings. The van der Waals surface area contributed by atoms with Gasteiger partial charge in [0.05, 0.1) is 26.2 Å². The van der Waals surface area contributed by atoms with E-state index < -0.39 is 10.0 Å². The van der Waals surface area contributed by atoms with E-state index in [0.29, 0.717) is 23.8 Å². The van der Waals surface area contributed by atoms with Crippen LogP contribution in [0.4, 0.5) is 5.69 Å². The van der Waals surface area contributed by atoms with Crippen molar-refractivity contribution in [3.8, 4) is 17.2 Å². The SMILES string of the molecule is COc1ccc(N2CC(CNS(=O)(=O)c3ccc(OC)c(OC)c3)CC2=O)cc1.